The summed E-state index contributed by atoms with van der Waals surface area (Å²) in [5, 5.41) is 2.74. The van der Waals surface area contributed by atoms with Gasteiger partial charge in [-0.3, -0.25) is 14.4 Å². The van der Waals surface area contributed by atoms with Crippen molar-refractivity contribution in [2.45, 2.75) is 39.2 Å². The lowest BCUT2D eigenvalue weighted by Crippen LogP contribution is -2.30. The Labute approximate surface area is 163 Å². The van der Waals surface area contributed by atoms with Gasteiger partial charge in [0.1, 0.15) is 5.82 Å². The maximum atomic E-state index is 13.2. The smallest absolute Gasteiger partial charge is 0.307 e. The Bertz CT molecular complexity index is 861. The molecule has 28 heavy (non-hydrogen) atoms. The first-order valence-electron chi connectivity index (χ1n) is 9.02. The van der Waals surface area contributed by atoms with Crippen LogP contribution in [0.15, 0.2) is 42.5 Å². The number of halogens is 1. The summed E-state index contributed by atoms with van der Waals surface area (Å²) in [6.07, 6.45) is -0.0334. The maximum Gasteiger partial charge on any atom is 0.307 e. The number of amides is 1. The highest BCUT2D eigenvalue weighted by Gasteiger charge is 2.20. The van der Waals surface area contributed by atoms with Crippen molar-refractivity contribution in [1.82, 2.24) is 5.32 Å². The molecule has 1 amide bonds. The quantitative estimate of drug-likeness (QED) is 0.554. The Kier molecular flexibility index (Phi) is 7.44. The second kappa shape index (κ2) is 9.78. The fraction of sp³-hybridized carbons (Fsp3) is 0.318. The number of carbonyl (C=O) groups is 3. The van der Waals surface area contributed by atoms with Crippen LogP contribution in [0.2, 0.25) is 0 Å². The van der Waals surface area contributed by atoms with Gasteiger partial charge in [0.25, 0.3) is 0 Å². The monoisotopic (exact) mass is 385 g/mol. The number of Topliss-reactive ketones (excluding diaryl/α,β-unsaturated/α-hetero) is 1. The van der Waals surface area contributed by atoms with Crippen molar-refractivity contribution >= 4 is 17.7 Å². The molecular formula is C22H24FNO4. The van der Waals surface area contributed by atoms with Crippen LogP contribution in [0.5, 0.6) is 0 Å². The molecule has 0 spiro atoms. The number of ketones is 1. The Morgan fingerprint density at radius 1 is 1.04 bits per heavy atom. The minimum absolute atomic E-state index is 0.00885. The number of hydrogen-bond donors (Lipinski definition) is 1. The predicted octanol–water partition coefficient (Wildman–Crippen LogP) is 3.83. The number of ether oxygens (including phenoxy) is 1. The molecule has 5 nitrogen and oxygen atoms in total. The second-order valence-electron chi connectivity index (χ2n) is 6.69. The van der Waals surface area contributed by atoms with E-state index in [-0.39, 0.29) is 31.0 Å². The van der Waals surface area contributed by atoms with Crippen molar-refractivity contribution in [3.8, 4) is 0 Å². The van der Waals surface area contributed by atoms with Crippen LogP contribution in [0.1, 0.15) is 52.4 Å². The summed E-state index contributed by atoms with van der Waals surface area (Å²) in [7, 11) is 1.26. The van der Waals surface area contributed by atoms with Crippen LogP contribution in [-0.2, 0) is 14.3 Å². The van der Waals surface area contributed by atoms with Gasteiger partial charge in [0, 0.05) is 18.4 Å². The summed E-state index contributed by atoms with van der Waals surface area (Å²) in [6, 6.07) is 10.5. The van der Waals surface area contributed by atoms with E-state index in [9.17, 15) is 18.8 Å². The summed E-state index contributed by atoms with van der Waals surface area (Å²) in [5.41, 5.74) is 3.04. The molecule has 2 rings (SSSR count). The summed E-state index contributed by atoms with van der Waals surface area (Å²) >= 11 is 0. The Hall–Kier alpha value is -3.02. The fourth-order valence-electron chi connectivity index (χ4n) is 2.86. The molecule has 0 bridgehead atoms. The van der Waals surface area contributed by atoms with E-state index in [0.29, 0.717) is 11.1 Å². The summed E-state index contributed by atoms with van der Waals surface area (Å²) < 4.78 is 17.8. The lowest BCUT2D eigenvalue weighted by atomic mass is 9.99. The fourth-order valence-corrected chi connectivity index (χ4v) is 2.86. The molecular weight excluding hydrogens is 361 g/mol. The molecule has 0 saturated heterocycles. The van der Waals surface area contributed by atoms with Crippen LogP contribution >= 0.6 is 0 Å². The van der Waals surface area contributed by atoms with E-state index in [4.69, 9.17) is 0 Å². The number of carbonyl (C=O) groups excluding carboxylic acids is 3. The van der Waals surface area contributed by atoms with Crippen LogP contribution in [0.25, 0.3) is 0 Å². The highest BCUT2D eigenvalue weighted by molar-refractivity contribution is 5.99. The van der Waals surface area contributed by atoms with Gasteiger partial charge in [-0.15, -0.1) is 0 Å². The van der Waals surface area contributed by atoms with Gasteiger partial charge in [-0.25, -0.2) is 4.39 Å². The van der Waals surface area contributed by atoms with E-state index >= 15 is 0 Å². The van der Waals surface area contributed by atoms with Crippen LogP contribution < -0.4 is 5.32 Å². The molecule has 6 heteroatoms. The van der Waals surface area contributed by atoms with Crippen LogP contribution in [0.3, 0.4) is 0 Å². The minimum Gasteiger partial charge on any atom is -0.469 e. The van der Waals surface area contributed by atoms with Gasteiger partial charge in [0.2, 0.25) is 5.91 Å². The van der Waals surface area contributed by atoms with Crippen molar-refractivity contribution < 1.29 is 23.5 Å². The number of aryl methyl sites for hydroxylation is 2. The first-order chi connectivity index (χ1) is 13.3. The first-order valence-corrected chi connectivity index (χ1v) is 9.02. The van der Waals surface area contributed by atoms with Crippen molar-refractivity contribution in [2.75, 3.05) is 7.11 Å². The normalized spacial score (nSPS) is 11.6. The zero-order valence-corrected chi connectivity index (χ0v) is 16.3. The Morgan fingerprint density at radius 2 is 1.71 bits per heavy atom. The van der Waals surface area contributed by atoms with Crippen molar-refractivity contribution in [3.63, 3.8) is 0 Å². The lowest BCUT2D eigenvalue weighted by molar-refractivity contribution is -0.141. The van der Waals surface area contributed by atoms with E-state index in [1.165, 1.54) is 31.4 Å². The number of methoxy groups -OCH3 is 1. The van der Waals surface area contributed by atoms with Gasteiger partial charge in [-0.05, 0) is 43.2 Å². The maximum absolute atomic E-state index is 13.2. The standard InChI is InChI=1S/C22H24FNO4/c1-14-4-5-15(2)18(12-14)20(25)10-11-21(26)24-19(13-22(27)28-3)16-6-8-17(23)9-7-16/h4-9,12,19H,10-11,13H2,1-3H3,(H,24,26). The molecule has 0 aliphatic carbocycles. The SMILES string of the molecule is COC(=O)CC(NC(=O)CCC(=O)c1cc(C)ccc1C)c1ccc(F)cc1. The van der Waals surface area contributed by atoms with Gasteiger partial charge in [0.15, 0.2) is 5.78 Å². The van der Waals surface area contributed by atoms with Gasteiger partial charge < -0.3 is 10.1 Å². The largest absolute Gasteiger partial charge is 0.469 e. The summed E-state index contributed by atoms with van der Waals surface area (Å²) in [4.78, 5) is 36.5. The topological polar surface area (TPSA) is 72.5 Å². The Morgan fingerprint density at radius 3 is 2.36 bits per heavy atom. The molecule has 0 aliphatic rings. The minimum atomic E-state index is -0.656. The molecule has 0 radical (unpaired) electrons. The van der Waals surface area contributed by atoms with Crippen LogP contribution in [0, 0.1) is 19.7 Å². The number of nitrogens with one attached hydrogen (secondary N) is 1. The van der Waals surface area contributed by atoms with E-state index in [0.717, 1.165) is 11.1 Å². The van der Waals surface area contributed by atoms with Gasteiger partial charge in [0.05, 0.1) is 19.6 Å². The van der Waals surface area contributed by atoms with E-state index in [1.54, 1.807) is 0 Å². The number of esters is 1. The summed E-state index contributed by atoms with van der Waals surface area (Å²) in [6.45, 7) is 3.76. The molecule has 0 aliphatic heterocycles. The van der Waals surface area contributed by atoms with Gasteiger partial charge in [-0.2, -0.15) is 0 Å². The predicted molar refractivity (Wildman–Crippen MR) is 103 cm³/mol. The van der Waals surface area contributed by atoms with Crippen LogP contribution in [0.4, 0.5) is 4.39 Å². The molecule has 1 atom stereocenters. The molecule has 1 unspecified atom stereocenters. The number of benzene rings is 2. The molecule has 2 aromatic carbocycles. The van der Waals surface area contributed by atoms with E-state index in [1.807, 2.05) is 32.0 Å². The molecule has 1 N–H and O–H groups in total. The average Bonchev–Trinajstić information content (AvgIpc) is 2.68. The molecule has 0 heterocycles. The van der Waals surface area contributed by atoms with Crippen molar-refractivity contribution in [1.29, 1.82) is 0 Å². The third kappa shape index (κ3) is 6.01. The molecule has 148 valence electrons. The third-order valence-corrected chi connectivity index (χ3v) is 4.48. The zero-order chi connectivity index (χ0) is 20.7. The molecule has 2 aromatic rings. The third-order valence-electron chi connectivity index (χ3n) is 4.48. The van der Waals surface area contributed by atoms with E-state index < -0.39 is 17.8 Å². The average molecular weight is 385 g/mol. The zero-order valence-electron chi connectivity index (χ0n) is 16.3. The highest BCUT2D eigenvalue weighted by atomic mass is 19.1. The summed E-state index contributed by atoms with van der Waals surface area (Å²) in [5.74, 6) is -1.38. The second-order valence-corrected chi connectivity index (χ2v) is 6.69. The van der Waals surface area contributed by atoms with Gasteiger partial charge >= 0.3 is 5.97 Å². The van der Waals surface area contributed by atoms with Crippen molar-refractivity contribution in [2.24, 2.45) is 0 Å². The number of rotatable bonds is 8. The molecule has 0 aromatic heterocycles. The number of hydrogen-bond acceptors (Lipinski definition) is 4. The van der Waals surface area contributed by atoms with Gasteiger partial charge in [-0.1, -0.05) is 29.8 Å². The first kappa shape index (κ1) is 21.3. The Balaban J connectivity index is 2.02. The molecule has 0 saturated carbocycles. The van der Waals surface area contributed by atoms with Crippen molar-refractivity contribution in [3.05, 3.63) is 70.5 Å². The lowest BCUT2D eigenvalue weighted by Gasteiger charge is -2.18. The van der Waals surface area contributed by atoms with Crippen LogP contribution in [-0.4, -0.2) is 24.8 Å². The molecule has 0 fully saturated rings. The van der Waals surface area contributed by atoms with E-state index in [2.05, 4.69) is 10.1 Å². The highest BCUT2D eigenvalue weighted by Crippen LogP contribution is 2.19.